The molecule has 0 bridgehead atoms. The lowest BCUT2D eigenvalue weighted by molar-refractivity contribution is -0.117. The van der Waals surface area contributed by atoms with Crippen LogP contribution in [0.1, 0.15) is 29.7 Å². The Kier molecular flexibility index (Phi) is 6.30. The molecule has 0 fully saturated rings. The van der Waals surface area contributed by atoms with Gasteiger partial charge in [-0.15, -0.1) is 4.80 Å². The molecule has 0 saturated heterocycles. The van der Waals surface area contributed by atoms with Gasteiger partial charge in [-0.05, 0) is 40.0 Å². The average molecular weight is 451 g/mol. The van der Waals surface area contributed by atoms with Gasteiger partial charge < -0.3 is 4.74 Å². The lowest BCUT2D eigenvalue weighted by atomic mass is 9.99. The van der Waals surface area contributed by atoms with E-state index < -0.39 is 0 Å². The van der Waals surface area contributed by atoms with Crippen LogP contribution < -0.4 is 0 Å². The smallest absolute Gasteiger partial charge is 0.193 e. The Balaban J connectivity index is 1.75. The molecule has 9 heteroatoms. The Hall–Kier alpha value is -2.16. The number of Topliss-reactive ketones (excluding diaryl/α,β-unsaturated/α-hetero) is 1. The predicted octanol–water partition coefficient (Wildman–Crippen LogP) is 3.53. The van der Waals surface area contributed by atoms with Gasteiger partial charge in [-0.3, -0.25) is 9.78 Å². The Bertz CT molecular complexity index is 949. The second-order valence-electron chi connectivity index (χ2n) is 5.93. The van der Waals surface area contributed by atoms with Gasteiger partial charge in [-0.25, -0.2) is 4.98 Å². The van der Waals surface area contributed by atoms with Gasteiger partial charge in [0.1, 0.15) is 5.78 Å². The second-order valence-corrected chi connectivity index (χ2v) is 7.19. The summed E-state index contributed by atoms with van der Waals surface area (Å²) in [5, 5.41) is 8.39. The molecule has 27 heavy (non-hydrogen) atoms. The Labute approximate surface area is 169 Å². The van der Waals surface area contributed by atoms with Crippen LogP contribution in [0.15, 0.2) is 41.5 Å². The third-order valence-corrected chi connectivity index (χ3v) is 4.97. The normalized spacial score (nSPS) is 12.1. The fourth-order valence-electron chi connectivity index (χ4n) is 2.74. The van der Waals surface area contributed by atoms with Crippen LogP contribution in [-0.2, 0) is 22.4 Å². The van der Waals surface area contributed by atoms with Crippen molar-refractivity contribution in [1.82, 2.24) is 25.0 Å². The minimum Gasteiger partial charge on any atom is -0.377 e. The lowest BCUT2D eigenvalue weighted by Crippen LogP contribution is -2.12. The van der Waals surface area contributed by atoms with Crippen molar-refractivity contribution in [2.24, 2.45) is 0 Å². The molecule has 1 unspecified atom stereocenters. The van der Waals surface area contributed by atoms with E-state index in [2.05, 4.69) is 36.1 Å². The summed E-state index contributed by atoms with van der Waals surface area (Å²) in [6.45, 7) is 1.93. The van der Waals surface area contributed by atoms with Gasteiger partial charge in [-0.2, -0.15) is 10.2 Å². The molecule has 3 rings (SSSR count). The van der Waals surface area contributed by atoms with Crippen LogP contribution in [0, 0.1) is 0 Å². The first-order valence-corrected chi connectivity index (χ1v) is 9.34. The number of halogens is 2. The maximum atomic E-state index is 12.6. The number of hydrogen-bond acceptors (Lipinski definition) is 6. The van der Waals surface area contributed by atoms with Crippen LogP contribution in [0.2, 0.25) is 5.02 Å². The Morgan fingerprint density at radius 2 is 2.00 bits per heavy atom. The molecule has 3 aromatic rings. The van der Waals surface area contributed by atoms with E-state index in [1.54, 1.807) is 44.2 Å². The molecule has 3 heterocycles. The molecule has 0 spiro atoms. The summed E-state index contributed by atoms with van der Waals surface area (Å²) >= 11 is 9.75. The zero-order chi connectivity index (χ0) is 19.4. The van der Waals surface area contributed by atoms with Crippen LogP contribution in [-0.4, -0.2) is 37.9 Å². The van der Waals surface area contributed by atoms with Crippen LogP contribution in [0.25, 0.3) is 5.82 Å². The molecule has 0 aliphatic carbocycles. The first-order chi connectivity index (χ1) is 13.0. The van der Waals surface area contributed by atoms with Gasteiger partial charge in [0, 0.05) is 48.6 Å². The minimum atomic E-state index is -0.151. The highest BCUT2D eigenvalue weighted by molar-refractivity contribution is 9.10. The molecule has 0 aromatic carbocycles. The molecule has 0 aliphatic heterocycles. The van der Waals surface area contributed by atoms with E-state index in [0.717, 1.165) is 21.2 Å². The van der Waals surface area contributed by atoms with Gasteiger partial charge in [0.2, 0.25) is 0 Å². The SMILES string of the molecule is COC(C)c1c(Br)cncc1CC(=O)Cc1cnc(-n2nccn2)c(Cl)c1. The zero-order valence-corrected chi connectivity index (χ0v) is 17.1. The number of nitrogens with zero attached hydrogens (tertiary/aromatic N) is 5. The molecule has 0 radical (unpaired) electrons. The standard InChI is InChI=1S/C18H17BrClN5O2/c1-11(27-2)17-13(9-21-10-15(17)19)7-14(26)5-12-6-16(20)18(22-8-12)25-23-3-4-24-25/h3-4,6,8-11H,5,7H2,1-2H3. The van der Waals surface area contributed by atoms with Gasteiger partial charge in [0.15, 0.2) is 5.82 Å². The zero-order valence-electron chi connectivity index (χ0n) is 14.8. The van der Waals surface area contributed by atoms with Gasteiger partial charge >= 0.3 is 0 Å². The van der Waals surface area contributed by atoms with E-state index in [-0.39, 0.29) is 24.7 Å². The first-order valence-electron chi connectivity index (χ1n) is 8.17. The fraction of sp³-hybridized carbons (Fsp3) is 0.278. The molecule has 0 N–H and O–H groups in total. The highest BCUT2D eigenvalue weighted by Crippen LogP contribution is 2.28. The van der Waals surface area contributed by atoms with Gasteiger partial charge in [-0.1, -0.05) is 11.6 Å². The van der Waals surface area contributed by atoms with E-state index in [1.165, 1.54) is 4.80 Å². The van der Waals surface area contributed by atoms with E-state index in [4.69, 9.17) is 16.3 Å². The van der Waals surface area contributed by atoms with E-state index in [1.807, 2.05) is 6.92 Å². The molecule has 3 aromatic heterocycles. The predicted molar refractivity (Wildman–Crippen MR) is 104 cm³/mol. The highest BCUT2D eigenvalue weighted by Gasteiger charge is 2.17. The lowest BCUT2D eigenvalue weighted by Gasteiger charge is -2.16. The number of rotatable bonds is 7. The fourth-order valence-corrected chi connectivity index (χ4v) is 3.70. The van der Waals surface area contributed by atoms with Crippen molar-refractivity contribution in [2.45, 2.75) is 25.9 Å². The van der Waals surface area contributed by atoms with Gasteiger partial charge in [0.25, 0.3) is 0 Å². The summed E-state index contributed by atoms with van der Waals surface area (Å²) in [4.78, 5) is 22.4. The van der Waals surface area contributed by atoms with Crippen molar-refractivity contribution >= 4 is 33.3 Å². The van der Waals surface area contributed by atoms with Crippen LogP contribution in [0.3, 0.4) is 0 Å². The van der Waals surface area contributed by atoms with Crippen molar-refractivity contribution in [1.29, 1.82) is 0 Å². The maximum Gasteiger partial charge on any atom is 0.193 e. The maximum absolute atomic E-state index is 12.6. The average Bonchev–Trinajstić information content (AvgIpc) is 3.15. The van der Waals surface area contributed by atoms with Crippen LogP contribution in [0.5, 0.6) is 0 Å². The molecule has 0 amide bonds. The third-order valence-electron chi connectivity index (χ3n) is 4.06. The summed E-state index contributed by atoms with van der Waals surface area (Å²) in [6.07, 6.45) is 8.40. The number of aromatic nitrogens is 5. The summed E-state index contributed by atoms with van der Waals surface area (Å²) < 4.78 is 6.23. The van der Waals surface area contributed by atoms with Crippen LogP contribution >= 0.6 is 27.5 Å². The molecule has 0 aliphatic rings. The highest BCUT2D eigenvalue weighted by atomic mass is 79.9. The number of pyridine rings is 2. The van der Waals surface area contributed by atoms with Crippen molar-refractivity contribution in [2.75, 3.05) is 7.11 Å². The molecule has 7 nitrogen and oxygen atoms in total. The first kappa shape index (κ1) is 19.6. The largest absolute Gasteiger partial charge is 0.377 e. The topological polar surface area (TPSA) is 82.8 Å². The number of methoxy groups -OCH3 is 1. The van der Waals surface area contributed by atoms with Crippen molar-refractivity contribution in [3.63, 3.8) is 0 Å². The number of ether oxygens (including phenoxy) is 1. The quantitative estimate of drug-likeness (QED) is 0.547. The second kappa shape index (κ2) is 8.69. The molecule has 140 valence electrons. The molecule has 1 atom stereocenters. The minimum absolute atomic E-state index is 0.0299. The number of carbonyl (C=O) groups is 1. The van der Waals surface area contributed by atoms with E-state index in [9.17, 15) is 4.79 Å². The summed E-state index contributed by atoms with van der Waals surface area (Å²) in [6, 6.07) is 1.71. The van der Waals surface area contributed by atoms with Gasteiger partial charge in [0.05, 0.1) is 23.5 Å². The van der Waals surface area contributed by atoms with Crippen LogP contribution in [0.4, 0.5) is 0 Å². The number of carbonyl (C=O) groups excluding carboxylic acids is 1. The number of ketones is 1. The monoisotopic (exact) mass is 449 g/mol. The van der Waals surface area contributed by atoms with Crippen molar-refractivity contribution < 1.29 is 9.53 Å². The Morgan fingerprint density at radius 1 is 1.26 bits per heavy atom. The summed E-state index contributed by atoms with van der Waals surface area (Å²) in [7, 11) is 1.63. The van der Waals surface area contributed by atoms with E-state index in [0.29, 0.717) is 10.8 Å². The van der Waals surface area contributed by atoms with Crippen molar-refractivity contribution in [3.05, 3.63) is 63.2 Å². The van der Waals surface area contributed by atoms with Crippen molar-refractivity contribution in [3.8, 4) is 5.82 Å². The summed E-state index contributed by atoms with van der Waals surface area (Å²) in [5.74, 6) is 0.451. The molecular formula is C18H17BrClN5O2. The third kappa shape index (κ3) is 4.58. The molecular weight excluding hydrogens is 434 g/mol. The summed E-state index contributed by atoms with van der Waals surface area (Å²) in [5.41, 5.74) is 2.49. The number of hydrogen-bond donors (Lipinski definition) is 0. The molecule has 0 saturated carbocycles. The Morgan fingerprint density at radius 3 is 2.67 bits per heavy atom. The van der Waals surface area contributed by atoms with E-state index >= 15 is 0 Å².